The molecular formula is C10H11NO2. The molecule has 3 heteroatoms. The number of rotatable bonds is 0. The Bertz CT molecular complexity index is 363. The van der Waals surface area contributed by atoms with Gasteiger partial charge in [0.25, 0.3) is 0 Å². The lowest BCUT2D eigenvalue weighted by molar-refractivity contribution is -0.115. The number of para-hydroxylation sites is 1. The Labute approximate surface area is 78.2 Å². The van der Waals surface area contributed by atoms with Gasteiger partial charge in [-0.05, 0) is 12.1 Å². The molecule has 0 atom stereocenters. The van der Waals surface area contributed by atoms with Crippen molar-refractivity contribution in [1.82, 2.24) is 0 Å². The molecule has 0 saturated heterocycles. The quantitative estimate of drug-likeness (QED) is 0.616. The number of hydrogen-bond acceptors (Lipinski definition) is 2. The molecule has 0 radical (unpaired) electrons. The van der Waals surface area contributed by atoms with E-state index in [1.54, 1.807) is 24.3 Å². The van der Waals surface area contributed by atoms with Crippen LogP contribution in [0.25, 0.3) is 0 Å². The number of carbonyl (C=O) groups excluding carboxylic acids is 2. The molecule has 1 aliphatic rings. The summed E-state index contributed by atoms with van der Waals surface area (Å²) in [5.41, 5.74) is 1.23. The number of benzene rings is 1. The average Bonchev–Trinajstić information content (AvgIpc) is 2.20. The minimum atomic E-state index is -0.223. The zero-order valence-corrected chi connectivity index (χ0v) is 7.33. The number of fused-ring (bicyclic) bond motifs is 1. The van der Waals surface area contributed by atoms with Crippen LogP contribution >= 0.6 is 0 Å². The third-order valence-electron chi connectivity index (χ3n) is 1.82. The summed E-state index contributed by atoms with van der Waals surface area (Å²) >= 11 is 0. The molecule has 1 amide bonds. The van der Waals surface area contributed by atoms with E-state index in [0.29, 0.717) is 11.3 Å². The summed E-state index contributed by atoms with van der Waals surface area (Å²) in [6.07, 6.45) is -0.0307. The number of amides is 1. The van der Waals surface area contributed by atoms with Crippen LogP contribution in [0.2, 0.25) is 0 Å². The van der Waals surface area contributed by atoms with Crippen LogP contribution in [0, 0.1) is 0 Å². The van der Waals surface area contributed by atoms with Crippen molar-refractivity contribution in [3.8, 4) is 0 Å². The number of Topliss-reactive ketones (excluding diaryl/α,β-unsaturated/α-hetero) is 1. The van der Waals surface area contributed by atoms with Crippen LogP contribution in [-0.2, 0) is 4.79 Å². The van der Waals surface area contributed by atoms with E-state index < -0.39 is 0 Å². The molecule has 1 N–H and O–H groups in total. The first kappa shape index (κ1) is 7.98. The molecule has 0 fully saturated rings. The van der Waals surface area contributed by atoms with Crippen molar-refractivity contribution in [2.75, 3.05) is 5.32 Å². The highest BCUT2D eigenvalue weighted by Crippen LogP contribution is 2.21. The van der Waals surface area contributed by atoms with Crippen molar-refractivity contribution in [1.29, 1.82) is 0 Å². The average molecular weight is 178 g/mol. The number of nitrogens with one attached hydrogen (secondary N) is 1. The second-order valence-corrected chi connectivity index (χ2v) is 2.69. The summed E-state index contributed by atoms with van der Waals surface area (Å²) < 4.78 is 5.75. The maximum absolute atomic E-state index is 11.2. The highest BCUT2D eigenvalue weighted by atomic mass is 16.2. The van der Waals surface area contributed by atoms with E-state index in [9.17, 15) is 9.59 Å². The highest BCUT2D eigenvalue weighted by molar-refractivity contribution is 6.18. The number of carbonyl (C=O) groups is 2. The Morgan fingerprint density at radius 2 is 2.00 bits per heavy atom. The van der Waals surface area contributed by atoms with Gasteiger partial charge in [0, 0.05) is 6.93 Å². The van der Waals surface area contributed by atoms with Crippen LogP contribution in [-0.4, -0.2) is 11.7 Å². The van der Waals surface area contributed by atoms with Crippen molar-refractivity contribution in [3.63, 3.8) is 0 Å². The predicted octanol–water partition coefficient (Wildman–Crippen LogP) is 1.85. The monoisotopic (exact) mass is 178 g/mol. The zero-order chi connectivity index (χ0) is 10.6. The molecule has 3 nitrogen and oxygen atoms in total. The molecule has 0 unspecified atom stereocenters. The first-order valence-electron chi connectivity index (χ1n) is 4.69. The molecule has 0 saturated carbocycles. The maximum atomic E-state index is 11.2. The Morgan fingerprint density at radius 3 is 2.77 bits per heavy atom. The van der Waals surface area contributed by atoms with Crippen LogP contribution < -0.4 is 5.32 Å². The fourth-order valence-corrected chi connectivity index (χ4v) is 1.27. The summed E-state index contributed by atoms with van der Waals surface area (Å²) in [6, 6.07) is 7.02. The van der Waals surface area contributed by atoms with Crippen molar-refractivity contribution in [3.05, 3.63) is 29.8 Å². The Hall–Kier alpha value is -1.64. The second kappa shape index (κ2) is 3.39. The van der Waals surface area contributed by atoms with Crippen molar-refractivity contribution < 1.29 is 11.0 Å². The highest BCUT2D eigenvalue weighted by Gasteiger charge is 2.21. The van der Waals surface area contributed by atoms with Crippen molar-refractivity contribution in [2.24, 2.45) is 0 Å². The minimum Gasteiger partial charge on any atom is -0.325 e. The summed E-state index contributed by atoms with van der Waals surface area (Å²) in [5, 5.41) is 2.63. The number of ketones is 1. The van der Waals surface area contributed by atoms with Gasteiger partial charge in [-0.25, -0.2) is 0 Å². The molecule has 1 aliphatic heterocycles. The summed E-state index contributed by atoms with van der Waals surface area (Å²) in [7, 11) is 1.25. The largest absolute Gasteiger partial charge is 0.325 e. The van der Waals surface area contributed by atoms with Crippen LogP contribution in [0.3, 0.4) is 0 Å². The van der Waals surface area contributed by atoms with Gasteiger partial charge in [-0.15, -0.1) is 0 Å². The zero-order valence-electron chi connectivity index (χ0n) is 8.33. The van der Waals surface area contributed by atoms with Crippen LogP contribution in [0.15, 0.2) is 24.3 Å². The van der Waals surface area contributed by atoms with Crippen LogP contribution in [0.1, 0.15) is 25.6 Å². The van der Waals surface area contributed by atoms with Gasteiger partial charge in [0.1, 0.15) is 0 Å². The minimum absolute atomic E-state index is 0.0307. The summed E-state index contributed by atoms with van der Waals surface area (Å²) in [4.78, 5) is 22.1. The van der Waals surface area contributed by atoms with Gasteiger partial charge < -0.3 is 5.32 Å². The molecule has 2 rings (SSSR count). The lowest BCUT2D eigenvalue weighted by Crippen LogP contribution is -2.23. The molecule has 1 aromatic rings. The van der Waals surface area contributed by atoms with Crippen molar-refractivity contribution in [2.45, 2.75) is 13.8 Å². The fourth-order valence-electron chi connectivity index (χ4n) is 1.27. The first-order chi connectivity index (χ1) is 6.77. The molecule has 0 spiro atoms. The maximum Gasteiger partial charge on any atom is 0.232 e. The van der Waals surface area contributed by atoms with Gasteiger partial charge in [-0.1, -0.05) is 19.5 Å². The lowest BCUT2D eigenvalue weighted by Gasteiger charge is -2.14. The normalized spacial score (nSPS) is 14.7. The van der Waals surface area contributed by atoms with Crippen molar-refractivity contribution >= 4 is 17.4 Å². The lowest BCUT2D eigenvalue weighted by atomic mass is 10.0. The van der Waals surface area contributed by atoms with Crippen LogP contribution in [0.5, 0.6) is 0 Å². The summed E-state index contributed by atoms with van der Waals surface area (Å²) in [6.45, 7) is 0. The van der Waals surface area contributed by atoms with E-state index in [0.717, 1.165) is 0 Å². The Morgan fingerprint density at radius 1 is 1.31 bits per heavy atom. The van der Waals surface area contributed by atoms with E-state index in [-0.39, 0.29) is 18.1 Å². The van der Waals surface area contributed by atoms with Gasteiger partial charge in [-0.2, -0.15) is 0 Å². The molecule has 13 heavy (non-hydrogen) atoms. The molecule has 1 heterocycles. The Balaban J connectivity index is 0.000000461. The van der Waals surface area contributed by atoms with Gasteiger partial charge in [0.2, 0.25) is 5.91 Å². The fraction of sp³-hybridized carbons (Fsp3) is 0.200. The molecule has 0 aliphatic carbocycles. The van der Waals surface area contributed by atoms with Gasteiger partial charge in [-0.3, -0.25) is 9.59 Å². The third kappa shape index (κ3) is 1.59. The number of anilines is 1. The molecule has 1 aromatic carbocycles. The third-order valence-corrected chi connectivity index (χ3v) is 1.82. The predicted molar refractivity (Wildman–Crippen MR) is 50.8 cm³/mol. The van der Waals surface area contributed by atoms with E-state index in [1.807, 2.05) is 0 Å². The van der Waals surface area contributed by atoms with E-state index in [2.05, 4.69) is 5.32 Å². The van der Waals surface area contributed by atoms with E-state index in [4.69, 9.17) is 1.37 Å². The molecule has 68 valence electrons. The van der Waals surface area contributed by atoms with E-state index in [1.165, 1.54) is 7.40 Å². The van der Waals surface area contributed by atoms with Gasteiger partial charge in [0.05, 0.1) is 12.1 Å². The smallest absolute Gasteiger partial charge is 0.232 e. The molecule has 0 bridgehead atoms. The number of hydrogen-bond donors (Lipinski definition) is 1. The SMILES string of the molecule is O=C1CC(=O)c2ccccc2N1.[2H]C. The van der Waals surface area contributed by atoms with Gasteiger partial charge in [0.15, 0.2) is 5.78 Å². The molecule has 0 aromatic heterocycles. The van der Waals surface area contributed by atoms with Crippen LogP contribution in [0.4, 0.5) is 5.69 Å². The standard InChI is InChI=1S/C9H7NO2.CH4/c11-8-5-9(12)10-7-4-2-1-3-6(7)8;/h1-4H,5H2,(H,10,12);1H4/i;1D. The topological polar surface area (TPSA) is 46.2 Å². The van der Waals surface area contributed by atoms with Gasteiger partial charge >= 0.3 is 0 Å². The Kier molecular flexibility index (Phi) is 2.08. The molecular weight excluding hydrogens is 166 g/mol. The summed E-state index contributed by atoms with van der Waals surface area (Å²) in [5.74, 6) is -0.326. The van der Waals surface area contributed by atoms with E-state index >= 15 is 0 Å². The second-order valence-electron chi connectivity index (χ2n) is 2.69. The first-order valence-corrected chi connectivity index (χ1v) is 3.69.